The number of aromatic amines is 1. The van der Waals surface area contributed by atoms with Crippen LogP contribution in [0.3, 0.4) is 0 Å². The number of H-pyrrole nitrogens is 1. The van der Waals surface area contributed by atoms with Gasteiger partial charge in [0, 0.05) is 30.4 Å². The summed E-state index contributed by atoms with van der Waals surface area (Å²) in [5.74, 6) is 0.533. The predicted molar refractivity (Wildman–Crippen MR) is 81.2 cm³/mol. The van der Waals surface area contributed by atoms with Gasteiger partial charge in [-0.3, -0.25) is 0 Å². The number of aromatic nitrogens is 2. The standard InChI is InChI=1S/C15H19ClN4/c1-17-20-14(10-5-3-2-4-6-10)13-11-7-8-18-15(11)19-9-12(13)16/h7-10,14H,2-6H2,1H3,(H,18,19). The Morgan fingerprint density at radius 2 is 2.15 bits per heavy atom. The van der Waals surface area contributed by atoms with E-state index in [0.29, 0.717) is 10.9 Å². The molecule has 0 bridgehead atoms. The van der Waals surface area contributed by atoms with Gasteiger partial charge in [-0.15, -0.1) is 0 Å². The SMILES string of the molecule is CN=NC(c1c(Cl)cnc2[nH]ccc12)C1CCCCC1. The van der Waals surface area contributed by atoms with Crippen LogP contribution in [0.15, 0.2) is 28.7 Å². The van der Waals surface area contributed by atoms with Gasteiger partial charge in [0.25, 0.3) is 0 Å². The van der Waals surface area contributed by atoms with Gasteiger partial charge in [0.05, 0.1) is 5.02 Å². The van der Waals surface area contributed by atoms with Crippen molar-refractivity contribution in [1.29, 1.82) is 0 Å². The average Bonchev–Trinajstić information content (AvgIpc) is 2.95. The Morgan fingerprint density at radius 3 is 2.90 bits per heavy atom. The fraction of sp³-hybridized carbons (Fsp3) is 0.533. The van der Waals surface area contributed by atoms with E-state index < -0.39 is 0 Å². The molecule has 1 atom stereocenters. The highest BCUT2D eigenvalue weighted by Crippen LogP contribution is 2.42. The smallest absolute Gasteiger partial charge is 0.137 e. The molecular formula is C15H19ClN4. The molecule has 4 nitrogen and oxygen atoms in total. The predicted octanol–water partition coefficient (Wildman–Crippen LogP) is 4.92. The van der Waals surface area contributed by atoms with Crippen LogP contribution in [0.5, 0.6) is 0 Å². The molecule has 2 heterocycles. The van der Waals surface area contributed by atoms with Gasteiger partial charge in [-0.05, 0) is 24.8 Å². The third kappa shape index (κ3) is 2.44. The zero-order valence-corrected chi connectivity index (χ0v) is 12.4. The van der Waals surface area contributed by atoms with Crippen molar-refractivity contribution in [1.82, 2.24) is 9.97 Å². The van der Waals surface area contributed by atoms with Crippen molar-refractivity contribution < 1.29 is 0 Å². The topological polar surface area (TPSA) is 53.4 Å². The van der Waals surface area contributed by atoms with Crippen LogP contribution in [0.2, 0.25) is 5.02 Å². The van der Waals surface area contributed by atoms with Crippen LogP contribution in [-0.2, 0) is 0 Å². The lowest BCUT2D eigenvalue weighted by Gasteiger charge is -2.28. The molecule has 106 valence electrons. The minimum atomic E-state index is 0.0501. The first-order valence-electron chi connectivity index (χ1n) is 7.21. The Balaban J connectivity index is 2.08. The van der Waals surface area contributed by atoms with Gasteiger partial charge in [-0.2, -0.15) is 10.2 Å². The minimum absolute atomic E-state index is 0.0501. The highest BCUT2D eigenvalue weighted by Gasteiger charge is 2.28. The number of hydrogen-bond donors (Lipinski definition) is 1. The van der Waals surface area contributed by atoms with Crippen LogP contribution in [0.25, 0.3) is 11.0 Å². The molecule has 1 N–H and O–H groups in total. The lowest BCUT2D eigenvalue weighted by molar-refractivity contribution is 0.304. The number of halogens is 1. The zero-order valence-electron chi connectivity index (χ0n) is 11.6. The van der Waals surface area contributed by atoms with E-state index in [9.17, 15) is 0 Å². The number of nitrogens with zero attached hydrogens (tertiary/aromatic N) is 3. The first kappa shape index (κ1) is 13.6. The van der Waals surface area contributed by atoms with Gasteiger partial charge in [-0.25, -0.2) is 4.98 Å². The minimum Gasteiger partial charge on any atom is -0.346 e. The second kappa shape index (κ2) is 5.92. The van der Waals surface area contributed by atoms with E-state index in [1.54, 1.807) is 13.2 Å². The molecule has 0 saturated heterocycles. The molecule has 0 aliphatic heterocycles. The molecule has 1 aliphatic rings. The molecule has 2 aromatic heterocycles. The second-order valence-corrected chi connectivity index (χ2v) is 5.83. The molecule has 1 saturated carbocycles. The summed E-state index contributed by atoms with van der Waals surface area (Å²) in [5, 5.41) is 10.3. The van der Waals surface area contributed by atoms with E-state index in [4.69, 9.17) is 11.6 Å². The van der Waals surface area contributed by atoms with E-state index in [-0.39, 0.29) is 6.04 Å². The Hall–Kier alpha value is -1.42. The van der Waals surface area contributed by atoms with Gasteiger partial charge in [0.2, 0.25) is 0 Å². The van der Waals surface area contributed by atoms with E-state index in [0.717, 1.165) is 16.6 Å². The van der Waals surface area contributed by atoms with Crippen LogP contribution in [0.1, 0.15) is 43.7 Å². The Morgan fingerprint density at radius 1 is 1.35 bits per heavy atom. The molecule has 2 aromatic rings. The van der Waals surface area contributed by atoms with Gasteiger partial charge < -0.3 is 4.98 Å². The summed E-state index contributed by atoms with van der Waals surface area (Å²) < 4.78 is 0. The molecule has 20 heavy (non-hydrogen) atoms. The number of nitrogens with one attached hydrogen (secondary N) is 1. The Labute approximate surface area is 123 Å². The molecule has 3 rings (SSSR count). The zero-order chi connectivity index (χ0) is 13.9. The molecule has 1 aliphatic carbocycles. The second-order valence-electron chi connectivity index (χ2n) is 5.42. The third-order valence-corrected chi connectivity index (χ3v) is 4.51. The third-order valence-electron chi connectivity index (χ3n) is 4.21. The maximum atomic E-state index is 6.43. The fourth-order valence-corrected chi connectivity index (χ4v) is 3.53. The van der Waals surface area contributed by atoms with Crippen LogP contribution in [0.4, 0.5) is 0 Å². The fourth-order valence-electron chi connectivity index (χ4n) is 3.27. The number of azo groups is 1. The first-order valence-corrected chi connectivity index (χ1v) is 7.59. The maximum Gasteiger partial charge on any atom is 0.137 e. The molecule has 0 amide bonds. The summed E-state index contributed by atoms with van der Waals surface area (Å²) in [6.45, 7) is 0. The summed E-state index contributed by atoms with van der Waals surface area (Å²) in [6, 6.07) is 2.08. The van der Waals surface area contributed by atoms with Gasteiger partial charge >= 0.3 is 0 Å². The summed E-state index contributed by atoms with van der Waals surface area (Å²) >= 11 is 6.43. The van der Waals surface area contributed by atoms with E-state index in [1.165, 1.54) is 32.1 Å². The van der Waals surface area contributed by atoms with E-state index >= 15 is 0 Å². The lowest BCUT2D eigenvalue weighted by Crippen LogP contribution is -2.15. The Bertz CT molecular complexity index is 613. The number of rotatable bonds is 3. The number of pyridine rings is 1. The summed E-state index contributed by atoms with van der Waals surface area (Å²) in [7, 11) is 1.74. The van der Waals surface area contributed by atoms with Crippen molar-refractivity contribution >= 4 is 22.6 Å². The molecule has 0 spiro atoms. The van der Waals surface area contributed by atoms with E-state index in [1.807, 2.05) is 12.3 Å². The first-order chi connectivity index (χ1) is 9.81. The molecule has 0 aromatic carbocycles. The summed E-state index contributed by atoms with van der Waals surface area (Å²) in [5.41, 5.74) is 1.95. The maximum absolute atomic E-state index is 6.43. The van der Waals surface area contributed by atoms with Gasteiger partial charge in [0.15, 0.2) is 0 Å². The monoisotopic (exact) mass is 290 g/mol. The van der Waals surface area contributed by atoms with Crippen molar-refractivity contribution in [3.63, 3.8) is 0 Å². The molecule has 5 heteroatoms. The van der Waals surface area contributed by atoms with Crippen LogP contribution < -0.4 is 0 Å². The highest BCUT2D eigenvalue weighted by atomic mass is 35.5. The van der Waals surface area contributed by atoms with Crippen molar-refractivity contribution in [2.24, 2.45) is 16.1 Å². The average molecular weight is 291 g/mol. The molecule has 0 radical (unpaired) electrons. The summed E-state index contributed by atoms with van der Waals surface area (Å²) in [4.78, 5) is 7.47. The van der Waals surface area contributed by atoms with E-state index in [2.05, 4.69) is 20.2 Å². The van der Waals surface area contributed by atoms with Crippen molar-refractivity contribution in [3.05, 3.63) is 29.0 Å². The van der Waals surface area contributed by atoms with Gasteiger partial charge in [0.1, 0.15) is 11.7 Å². The number of hydrogen-bond acceptors (Lipinski definition) is 3. The van der Waals surface area contributed by atoms with Crippen molar-refractivity contribution in [2.45, 2.75) is 38.1 Å². The normalized spacial score (nSPS) is 18.9. The van der Waals surface area contributed by atoms with Crippen LogP contribution in [0, 0.1) is 5.92 Å². The molecule has 1 unspecified atom stereocenters. The molecule has 1 fully saturated rings. The molecular weight excluding hydrogens is 272 g/mol. The van der Waals surface area contributed by atoms with Gasteiger partial charge in [-0.1, -0.05) is 30.9 Å². The van der Waals surface area contributed by atoms with Crippen LogP contribution >= 0.6 is 11.6 Å². The van der Waals surface area contributed by atoms with Crippen LogP contribution in [-0.4, -0.2) is 17.0 Å². The Kier molecular flexibility index (Phi) is 4.01. The van der Waals surface area contributed by atoms with Crippen molar-refractivity contribution in [3.8, 4) is 0 Å². The highest BCUT2D eigenvalue weighted by molar-refractivity contribution is 6.32. The van der Waals surface area contributed by atoms with Crippen molar-refractivity contribution in [2.75, 3.05) is 7.05 Å². The quantitative estimate of drug-likeness (QED) is 0.801. The summed E-state index contributed by atoms with van der Waals surface area (Å²) in [6.07, 6.45) is 9.91. The largest absolute Gasteiger partial charge is 0.346 e. The number of fused-ring (bicyclic) bond motifs is 1. The lowest BCUT2D eigenvalue weighted by atomic mass is 9.81.